The molecule has 1 fully saturated rings. The van der Waals surface area contributed by atoms with Crippen LogP contribution in [0.3, 0.4) is 0 Å². The van der Waals surface area contributed by atoms with Crippen LogP contribution in [0.4, 0.5) is 15.4 Å². The van der Waals surface area contributed by atoms with Crippen LogP contribution in [-0.2, 0) is 9.53 Å². The highest BCUT2D eigenvalue weighted by molar-refractivity contribution is 5.90. The number of pyridine rings is 1. The summed E-state index contributed by atoms with van der Waals surface area (Å²) in [7, 11) is 1.70. The van der Waals surface area contributed by atoms with Crippen LogP contribution in [0.1, 0.15) is 45.6 Å². The summed E-state index contributed by atoms with van der Waals surface area (Å²) in [6.07, 6.45) is 3.04. The Morgan fingerprint density at radius 2 is 2.03 bits per heavy atom. The SMILES string of the molecule is Cc1ccc(NC(=O)CCNC(=O)N2CCC[C@@H](N(C)C(=O)OC(C)(C)C)C2)nc1. The Morgan fingerprint density at radius 3 is 2.67 bits per heavy atom. The van der Waals surface area contributed by atoms with Crippen molar-refractivity contribution in [3.8, 4) is 0 Å². The van der Waals surface area contributed by atoms with E-state index < -0.39 is 11.7 Å². The van der Waals surface area contributed by atoms with Gasteiger partial charge < -0.3 is 25.2 Å². The molecule has 0 saturated carbocycles. The number of likely N-dealkylation sites (N-methyl/N-ethyl adjacent to an activating group) is 1. The number of carbonyl (C=O) groups excluding carboxylic acids is 3. The van der Waals surface area contributed by atoms with E-state index in [0.717, 1.165) is 18.4 Å². The third kappa shape index (κ3) is 7.53. The van der Waals surface area contributed by atoms with Gasteiger partial charge in [-0.2, -0.15) is 0 Å². The summed E-state index contributed by atoms with van der Waals surface area (Å²) < 4.78 is 5.41. The Morgan fingerprint density at radius 1 is 1.30 bits per heavy atom. The minimum Gasteiger partial charge on any atom is -0.444 e. The Bertz CT molecular complexity index is 745. The van der Waals surface area contributed by atoms with Crippen LogP contribution in [0.25, 0.3) is 0 Å². The lowest BCUT2D eigenvalue weighted by molar-refractivity contribution is -0.116. The predicted molar refractivity (Wildman–Crippen MR) is 114 cm³/mol. The fourth-order valence-electron chi connectivity index (χ4n) is 3.08. The minimum absolute atomic E-state index is 0.102. The molecule has 0 bridgehead atoms. The third-order valence-electron chi connectivity index (χ3n) is 4.72. The molecular weight excluding hydrogens is 386 g/mol. The summed E-state index contributed by atoms with van der Waals surface area (Å²) in [5.41, 5.74) is 0.448. The number of aromatic nitrogens is 1. The van der Waals surface area contributed by atoms with E-state index in [4.69, 9.17) is 4.74 Å². The van der Waals surface area contributed by atoms with Crippen molar-refractivity contribution in [1.82, 2.24) is 20.1 Å². The summed E-state index contributed by atoms with van der Waals surface area (Å²) >= 11 is 0. The molecule has 0 aliphatic carbocycles. The number of urea groups is 1. The first kappa shape index (κ1) is 23.4. The minimum atomic E-state index is -0.564. The molecule has 2 heterocycles. The molecule has 1 atom stereocenters. The summed E-state index contributed by atoms with van der Waals surface area (Å²) in [5.74, 6) is 0.272. The van der Waals surface area contributed by atoms with Crippen molar-refractivity contribution in [1.29, 1.82) is 0 Å². The van der Waals surface area contributed by atoms with Crippen molar-refractivity contribution >= 4 is 23.8 Å². The summed E-state index contributed by atoms with van der Waals surface area (Å²) in [4.78, 5) is 44.1. The van der Waals surface area contributed by atoms with E-state index in [1.54, 1.807) is 29.1 Å². The molecule has 9 heteroatoms. The van der Waals surface area contributed by atoms with Gasteiger partial charge in [-0.3, -0.25) is 4.79 Å². The van der Waals surface area contributed by atoms with Gasteiger partial charge >= 0.3 is 12.1 Å². The summed E-state index contributed by atoms with van der Waals surface area (Å²) in [5, 5.41) is 5.48. The van der Waals surface area contributed by atoms with Gasteiger partial charge in [0.2, 0.25) is 5.91 Å². The molecule has 9 nitrogen and oxygen atoms in total. The molecule has 2 N–H and O–H groups in total. The quantitative estimate of drug-likeness (QED) is 0.764. The second-order valence-electron chi connectivity index (χ2n) is 8.58. The number of nitrogens with zero attached hydrogens (tertiary/aromatic N) is 3. The van der Waals surface area contributed by atoms with E-state index >= 15 is 0 Å². The molecule has 0 spiro atoms. The highest BCUT2D eigenvalue weighted by atomic mass is 16.6. The number of carbonyl (C=O) groups is 3. The van der Waals surface area contributed by atoms with Crippen molar-refractivity contribution in [3.63, 3.8) is 0 Å². The lowest BCUT2D eigenvalue weighted by atomic mass is 10.1. The molecule has 2 rings (SSSR count). The van der Waals surface area contributed by atoms with E-state index in [-0.39, 0.29) is 30.9 Å². The molecule has 0 radical (unpaired) electrons. The maximum Gasteiger partial charge on any atom is 0.410 e. The molecule has 0 unspecified atom stereocenters. The van der Waals surface area contributed by atoms with Gasteiger partial charge in [0.1, 0.15) is 11.4 Å². The number of hydrogen-bond acceptors (Lipinski definition) is 5. The number of rotatable bonds is 5. The lowest BCUT2D eigenvalue weighted by Gasteiger charge is -2.38. The monoisotopic (exact) mass is 419 g/mol. The van der Waals surface area contributed by atoms with Gasteiger partial charge in [-0.1, -0.05) is 6.07 Å². The molecule has 1 aliphatic heterocycles. The molecule has 166 valence electrons. The van der Waals surface area contributed by atoms with Crippen molar-refractivity contribution in [3.05, 3.63) is 23.9 Å². The summed E-state index contributed by atoms with van der Waals surface area (Å²) in [6.45, 7) is 8.66. The first-order valence-corrected chi connectivity index (χ1v) is 10.3. The first-order chi connectivity index (χ1) is 14.0. The number of likely N-dealkylation sites (tertiary alicyclic amines) is 1. The molecule has 0 aromatic carbocycles. The average Bonchev–Trinajstić information content (AvgIpc) is 2.68. The van der Waals surface area contributed by atoms with Crippen molar-refractivity contribution in [2.24, 2.45) is 0 Å². The summed E-state index contributed by atoms with van der Waals surface area (Å²) in [6, 6.07) is 3.26. The Kier molecular flexibility index (Phi) is 8.02. The van der Waals surface area contributed by atoms with Gasteiger partial charge in [0.15, 0.2) is 0 Å². The van der Waals surface area contributed by atoms with E-state index in [9.17, 15) is 14.4 Å². The maximum atomic E-state index is 12.5. The highest BCUT2D eigenvalue weighted by Gasteiger charge is 2.30. The number of piperidine rings is 1. The van der Waals surface area contributed by atoms with E-state index in [1.165, 1.54) is 0 Å². The van der Waals surface area contributed by atoms with Gasteiger partial charge in [0.25, 0.3) is 0 Å². The Hall–Kier alpha value is -2.84. The van der Waals surface area contributed by atoms with Crippen LogP contribution in [0, 0.1) is 6.92 Å². The van der Waals surface area contributed by atoms with Crippen molar-refractivity contribution < 1.29 is 19.1 Å². The number of ether oxygens (including phenoxy) is 1. The molecule has 30 heavy (non-hydrogen) atoms. The highest BCUT2D eigenvalue weighted by Crippen LogP contribution is 2.18. The third-order valence-corrected chi connectivity index (χ3v) is 4.72. The van der Waals surface area contributed by atoms with Crippen LogP contribution in [0.5, 0.6) is 0 Å². The van der Waals surface area contributed by atoms with E-state index in [2.05, 4.69) is 15.6 Å². The second kappa shape index (κ2) is 10.3. The van der Waals surface area contributed by atoms with Crippen LogP contribution < -0.4 is 10.6 Å². The number of anilines is 1. The largest absolute Gasteiger partial charge is 0.444 e. The zero-order chi connectivity index (χ0) is 22.3. The van der Waals surface area contributed by atoms with Gasteiger partial charge in [0.05, 0.1) is 6.04 Å². The fraction of sp³-hybridized carbons (Fsp3) is 0.619. The zero-order valence-corrected chi connectivity index (χ0v) is 18.5. The number of aryl methyl sites for hydroxylation is 1. The van der Waals surface area contributed by atoms with Crippen molar-refractivity contribution in [2.45, 2.75) is 58.6 Å². The number of amides is 4. The van der Waals surface area contributed by atoms with Crippen LogP contribution in [-0.4, -0.2) is 71.1 Å². The molecule has 1 aromatic heterocycles. The van der Waals surface area contributed by atoms with Gasteiger partial charge in [-0.05, 0) is 52.2 Å². The van der Waals surface area contributed by atoms with Crippen molar-refractivity contribution in [2.75, 3.05) is 32.0 Å². The normalized spacial score (nSPS) is 16.6. The predicted octanol–water partition coefficient (Wildman–Crippen LogP) is 2.76. The fourth-order valence-corrected chi connectivity index (χ4v) is 3.08. The lowest BCUT2D eigenvalue weighted by Crippen LogP contribution is -2.53. The van der Waals surface area contributed by atoms with Crippen LogP contribution in [0.2, 0.25) is 0 Å². The molecular formula is C21H33N5O4. The smallest absolute Gasteiger partial charge is 0.410 e. The van der Waals surface area contributed by atoms with Gasteiger partial charge in [-0.15, -0.1) is 0 Å². The van der Waals surface area contributed by atoms with Crippen LogP contribution in [0.15, 0.2) is 18.3 Å². The first-order valence-electron chi connectivity index (χ1n) is 10.3. The Labute approximate surface area is 178 Å². The van der Waals surface area contributed by atoms with Gasteiger partial charge in [-0.25, -0.2) is 14.6 Å². The van der Waals surface area contributed by atoms with E-state index in [1.807, 2.05) is 33.8 Å². The van der Waals surface area contributed by atoms with Gasteiger partial charge in [0, 0.05) is 39.3 Å². The molecule has 1 aliphatic rings. The average molecular weight is 420 g/mol. The molecule has 1 saturated heterocycles. The van der Waals surface area contributed by atoms with E-state index in [0.29, 0.717) is 18.9 Å². The number of hydrogen-bond donors (Lipinski definition) is 2. The second-order valence-corrected chi connectivity index (χ2v) is 8.58. The Balaban J connectivity index is 1.76. The zero-order valence-electron chi connectivity index (χ0n) is 18.5. The number of nitrogens with one attached hydrogen (secondary N) is 2. The van der Waals surface area contributed by atoms with Crippen LogP contribution >= 0.6 is 0 Å². The maximum absolute atomic E-state index is 12.5. The topological polar surface area (TPSA) is 104 Å². The standard InChI is InChI=1S/C21H33N5O4/c1-15-8-9-17(23-13-15)24-18(27)10-11-22-19(28)26-12-6-7-16(14-26)25(5)20(29)30-21(2,3)4/h8-9,13,16H,6-7,10-12,14H2,1-5H3,(H,22,28)(H,23,24,27)/t16-/m1/s1. The molecule has 4 amide bonds. The molecule has 1 aromatic rings.